The lowest BCUT2D eigenvalue weighted by molar-refractivity contribution is 0.0692. The number of aromatic amines is 1. The van der Waals surface area contributed by atoms with Gasteiger partial charge in [0.15, 0.2) is 5.16 Å². The van der Waals surface area contributed by atoms with Gasteiger partial charge in [-0.2, -0.15) is 0 Å². The van der Waals surface area contributed by atoms with E-state index in [1.54, 1.807) is 0 Å². The van der Waals surface area contributed by atoms with Gasteiger partial charge >= 0.3 is 11.7 Å². The molecule has 2 aromatic heterocycles. The molecule has 2 N–H and O–H groups in total. The lowest BCUT2D eigenvalue weighted by atomic mass is 10.3. The molecule has 2 aromatic rings. The van der Waals surface area contributed by atoms with Crippen molar-refractivity contribution in [2.24, 2.45) is 0 Å². The smallest absolute Gasteiger partial charge is 0.344 e. The molecule has 2 heterocycles. The molecule has 1 saturated carbocycles. The second kappa shape index (κ2) is 4.95. The Hall–Kier alpha value is -1.80. The van der Waals surface area contributed by atoms with Crippen molar-refractivity contribution in [1.82, 2.24) is 19.7 Å². The van der Waals surface area contributed by atoms with Crippen molar-refractivity contribution < 1.29 is 9.90 Å². The van der Waals surface area contributed by atoms with Gasteiger partial charge in [-0.25, -0.2) is 19.7 Å². The lowest BCUT2D eigenvalue weighted by Gasteiger charge is -2.05. The van der Waals surface area contributed by atoms with Gasteiger partial charge in [-0.1, -0.05) is 11.6 Å². The summed E-state index contributed by atoms with van der Waals surface area (Å²) in [6, 6.07) is 2.93. The zero-order valence-corrected chi connectivity index (χ0v) is 11.6. The average molecular weight is 313 g/mol. The van der Waals surface area contributed by atoms with E-state index in [1.807, 2.05) is 0 Å². The van der Waals surface area contributed by atoms with Gasteiger partial charge in [0.2, 0.25) is 0 Å². The molecular weight excluding hydrogens is 304 g/mol. The molecule has 1 fully saturated rings. The highest BCUT2D eigenvalue weighted by molar-refractivity contribution is 7.99. The highest BCUT2D eigenvalue weighted by Crippen LogP contribution is 2.38. The number of halogens is 1. The molecule has 1 aliphatic rings. The Morgan fingerprint density at radius 2 is 2.25 bits per heavy atom. The van der Waals surface area contributed by atoms with Crippen molar-refractivity contribution in [3.05, 3.63) is 33.3 Å². The molecule has 0 aliphatic heterocycles. The van der Waals surface area contributed by atoms with Crippen LogP contribution in [0.2, 0.25) is 5.15 Å². The largest absolute Gasteiger partial charge is 0.478 e. The fraction of sp³-hybridized carbons (Fsp3) is 0.273. The second-order valence-electron chi connectivity index (χ2n) is 4.31. The number of carbonyl (C=O) groups is 1. The number of rotatable bonds is 4. The summed E-state index contributed by atoms with van der Waals surface area (Å²) in [5, 5.41) is 16.2. The molecule has 20 heavy (non-hydrogen) atoms. The van der Waals surface area contributed by atoms with Crippen molar-refractivity contribution in [2.75, 3.05) is 0 Å². The monoisotopic (exact) mass is 312 g/mol. The first kappa shape index (κ1) is 13.2. The zero-order valence-electron chi connectivity index (χ0n) is 10.0. The van der Waals surface area contributed by atoms with Crippen LogP contribution in [0.1, 0.15) is 29.2 Å². The zero-order chi connectivity index (χ0) is 14.3. The molecule has 3 rings (SSSR count). The number of carboxylic acids is 1. The minimum Gasteiger partial charge on any atom is -0.478 e. The van der Waals surface area contributed by atoms with Crippen LogP contribution in [-0.2, 0) is 0 Å². The average Bonchev–Trinajstić information content (AvgIpc) is 3.15. The number of aromatic carboxylic acids is 1. The minimum atomic E-state index is -1.10. The van der Waals surface area contributed by atoms with E-state index in [9.17, 15) is 9.59 Å². The maximum atomic E-state index is 11.7. The van der Waals surface area contributed by atoms with Crippen LogP contribution in [0.15, 0.2) is 27.1 Å². The highest BCUT2D eigenvalue weighted by Gasteiger charge is 2.29. The molecule has 0 spiro atoms. The van der Waals surface area contributed by atoms with Crippen LogP contribution in [0.3, 0.4) is 0 Å². The maximum absolute atomic E-state index is 11.7. The summed E-state index contributed by atoms with van der Waals surface area (Å²) in [5.41, 5.74) is -0.272. The number of nitrogens with zero attached hydrogens (tertiary/aromatic N) is 3. The van der Waals surface area contributed by atoms with E-state index in [0.717, 1.165) is 24.6 Å². The molecule has 0 amide bonds. The molecule has 0 aromatic carbocycles. The van der Waals surface area contributed by atoms with Crippen LogP contribution >= 0.6 is 23.4 Å². The van der Waals surface area contributed by atoms with Crippen LogP contribution in [0.5, 0.6) is 0 Å². The first-order valence-electron chi connectivity index (χ1n) is 5.81. The summed E-state index contributed by atoms with van der Waals surface area (Å²) in [4.78, 5) is 26.8. The van der Waals surface area contributed by atoms with Gasteiger partial charge in [0.1, 0.15) is 10.2 Å². The van der Waals surface area contributed by atoms with E-state index >= 15 is 0 Å². The van der Waals surface area contributed by atoms with E-state index in [1.165, 1.54) is 16.7 Å². The molecule has 7 nitrogen and oxygen atoms in total. The van der Waals surface area contributed by atoms with E-state index < -0.39 is 5.97 Å². The first-order valence-corrected chi connectivity index (χ1v) is 7.00. The van der Waals surface area contributed by atoms with Crippen molar-refractivity contribution in [3.63, 3.8) is 0 Å². The van der Waals surface area contributed by atoms with E-state index in [4.69, 9.17) is 16.7 Å². The lowest BCUT2D eigenvalue weighted by Crippen LogP contribution is -2.16. The molecule has 9 heteroatoms. The van der Waals surface area contributed by atoms with Crippen molar-refractivity contribution >= 4 is 29.3 Å². The Morgan fingerprint density at radius 3 is 2.90 bits per heavy atom. The third-order valence-corrected chi connectivity index (χ3v) is 4.01. The molecule has 0 bridgehead atoms. The van der Waals surface area contributed by atoms with Gasteiger partial charge in [0, 0.05) is 6.04 Å². The Kier molecular flexibility index (Phi) is 3.27. The topological polar surface area (TPSA) is 101 Å². The molecule has 0 unspecified atom stereocenters. The third kappa shape index (κ3) is 2.44. The van der Waals surface area contributed by atoms with Crippen LogP contribution in [0, 0.1) is 0 Å². The van der Waals surface area contributed by atoms with Crippen molar-refractivity contribution in [1.29, 1.82) is 0 Å². The Balaban J connectivity index is 2.01. The summed E-state index contributed by atoms with van der Waals surface area (Å²) < 4.78 is 1.53. The molecule has 0 saturated heterocycles. The molecule has 1 aliphatic carbocycles. The normalized spacial score (nSPS) is 14.4. The Bertz CT molecular complexity index is 738. The summed E-state index contributed by atoms with van der Waals surface area (Å²) >= 11 is 6.81. The Labute approximate surface area is 122 Å². The number of nitrogens with one attached hydrogen (secondary N) is 1. The van der Waals surface area contributed by atoms with Gasteiger partial charge in [0.25, 0.3) is 0 Å². The number of H-pyrrole nitrogens is 1. The highest BCUT2D eigenvalue weighted by atomic mass is 35.5. The number of hydrogen-bond acceptors (Lipinski definition) is 5. The molecule has 0 atom stereocenters. The molecule has 0 radical (unpaired) electrons. The third-order valence-electron chi connectivity index (χ3n) is 2.83. The van der Waals surface area contributed by atoms with Gasteiger partial charge in [-0.3, -0.25) is 4.57 Å². The number of pyridine rings is 1. The predicted molar refractivity (Wildman–Crippen MR) is 71.4 cm³/mol. The summed E-state index contributed by atoms with van der Waals surface area (Å²) in [5.74, 6) is -1.10. The minimum absolute atomic E-state index is 0.0252. The fourth-order valence-corrected chi connectivity index (χ4v) is 2.96. The van der Waals surface area contributed by atoms with Crippen LogP contribution in [-0.4, -0.2) is 30.8 Å². The second-order valence-corrected chi connectivity index (χ2v) is 5.65. The van der Waals surface area contributed by atoms with Crippen molar-refractivity contribution in [3.8, 4) is 0 Å². The standard InChI is InChI=1S/C11H9ClN4O3S/c12-7-4-3-6(9(17)18)8(13-7)20-11-15-14-10(19)16(11)5-1-2-5/h3-5H,1-2H2,(H,14,19)(H,17,18). The molecule has 104 valence electrons. The van der Waals surface area contributed by atoms with E-state index in [2.05, 4.69) is 15.2 Å². The molecular formula is C11H9ClN4O3S. The number of carboxylic acid groups (broad SMARTS) is 1. The van der Waals surface area contributed by atoms with Crippen LogP contribution in [0.25, 0.3) is 0 Å². The van der Waals surface area contributed by atoms with E-state index in [-0.39, 0.29) is 27.5 Å². The number of hydrogen-bond donors (Lipinski definition) is 2. The van der Waals surface area contributed by atoms with Gasteiger partial charge in [0.05, 0.1) is 5.56 Å². The Morgan fingerprint density at radius 1 is 1.50 bits per heavy atom. The van der Waals surface area contributed by atoms with E-state index in [0.29, 0.717) is 5.16 Å². The number of aromatic nitrogens is 4. The van der Waals surface area contributed by atoms with Crippen molar-refractivity contribution in [2.45, 2.75) is 29.1 Å². The van der Waals surface area contributed by atoms with Gasteiger partial charge in [-0.15, -0.1) is 5.10 Å². The van der Waals surface area contributed by atoms with Gasteiger partial charge in [-0.05, 0) is 36.7 Å². The first-order chi connectivity index (χ1) is 9.56. The van der Waals surface area contributed by atoms with Gasteiger partial charge < -0.3 is 5.11 Å². The fourth-order valence-electron chi connectivity index (χ4n) is 1.76. The SMILES string of the molecule is O=C(O)c1ccc(Cl)nc1Sc1n[nH]c(=O)n1C1CC1. The maximum Gasteiger partial charge on any atom is 0.344 e. The van der Waals surface area contributed by atoms with Crippen LogP contribution < -0.4 is 5.69 Å². The van der Waals surface area contributed by atoms with Crippen LogP contribution in [0.4, 0.5) is 0 Å². The predicted octanol–water partition coefficient (Wildman–Crippen LogP) is 1.80. The quantitative estimate of drug-likeness (QED) is 0.835. The summed E-state index contributed by atoms with van der Waals surface area (Å²) in [7, 11) is 0. The summed E-state index contributed by atoms with van der Waals surface area (Å²) in [6.45, 7) is 0. The summed E-state index contributed by atoms with van der Waals surface area (Å²) in [6.07, 6.45) is 1.84.